The van der Waals surface area contributed by atoms with Crippen molar-refractivity contribution in [1.82, 2.24) is 14.9 Å². The molecule has 0 saturated heterocycles. The third-order valence-electron chi connectivity index (χ3n) is 6.18. The van der Waals surface area contributed by atoms with Gasteiger partial charge in [-0.05, 0) is 68.3 Å². The van der Waals surface area contributed by atoms with Crippen LogP contribution in [0, 0.1) is 11.7 Å². The van der Waals surface area contributed by atoms with E-state index in [1.807, 2.05) is 39.0 Å². The number of alkyl carbamates (subject to hydrolysis) is 1. The van der Waals surface area contributed by atoms with E-state index in [0.29, 0.717) is 29.0 Å². The number of amides is 1. The van der Waals surface area contributed by atoms with Crippen molar-refractivity contribution in [1.29, 1.82) is 0 Å². The summed E-state index contributed by atoms with van der Waals surface area (Å²) in [5.41, 5.74) is 1.42. The first-order valence-electron chi connectivity index (χ1n) is 12.7. The highest BCUT2D eigenvalue weighted by molar-refractivity contribution is 6.07. The molecule has 0 unspecified atom stereocenters. The Hall–Kier alpha value is -3.94. The summed E-state index contributed by atoms with van der Waals surface area (Å²) >= 11 is 0. The van der Waals surface area contributed by atoms with Gasteiger partial charge in [0.2, 0.25) is 0 Å². The molecule has 0 fully saturated rings. The third kappa shape index (κ3) is 6.13. The molecule has 2 heterocycles. The Kier molecular flexibility index (Phi) is 7.71. The molecule has 200 valence electrons. The van der Waals surface area contributed by atoms with Gasteiger partial charge in [0, 0.05) is 36.5 Å². The van der Waals surface area contributed by atoms with Gasteiger partial charge in [0.1, 0.15) is 23.8 Å². The maximum Gasteiger partial charge on any atom is 0.407 e. The van der Waals surface area contributed by atoms with Gasteiger partial charge in [0.15, 0.2) is 0 Å². The van der Waals surface area contributed by atoms with E-state index in [-0.39, 0.29) is 24.0 Å². The van der Waals surface area contributed by atoms with Gasteiger partial charge in [-0.3, -0.25) is 9.78 Å². The lowest BCUT2D eigenvalue weighted by Gasteiger charge is -2.25. The molecule has 0 saturated carbocycles. The highest BCUT2D eigenvalue weighted by atomic mass is 19.1. The van der Waals surface area contributed by atoms with Gasteiger partial charge in [-0.25, -0.2) is 9.18 Å². The number of carbonyl (C=O) groups excluding carboxylic acids is 1. The molecule has 2 aromatic carbocycles. The molecule has 0 aliphatic rings. The molecule has 0 bridgehead atoms. The molecule has 38 heavy (non-hydrogen) atoms. The van der Waals surface area contributed by atoms with Crippen LogP contribution in [0.1, 0.15) is 41.0 Å². The molecule has 0 aliphatic heterocycles. The van der Waals surface area contributed by atoms with Crippen LogP contribution in [0.3, 0.4) is 0 Å². The first-order chi connectivity index (χ1) is 17.9. The SMILES string of the molecule is CC(C)C[C@@H](COc1cc2c(cc1-c1ccc(F)cc1)c1ccncc1c(=O)n2C)NC(=O)OC(C)(C)C. The van der Waals surface area contributed by atoms with E-state index in [1.165, 1.54) is 12.1 Å². The first kappa shape index (κ1) is 27.1. The number of fused-ring (bicyclic) bond motifs is 3. The number of hydrogen-bond donors (Lipinski definition) is 1. The molecule has 8 heteroatoms. The van der Waals surface area contributed by atoms with Crippen LogP contribution in [0.4, 0.5) is 9.18 Å². The molecular formula is C30H34FN3O4. The number of benzene rings is 2. The van der Waals surface area contributed by atoms with Gasteiger partial charge in [-0.1, -0.05) is 26.0 Å². The van der Waals surface area contributed by atoms with Gasteiger partial charge in [0.05, 0.1) is 16.9 Å². The Balaban J connectivity index is 1.78. The Labute approximate surface area is 221 Å². The minimum atomic E-state index is -0.621. The standard InChI is InChI=1S/C30H34FN3O4/c1-18(2)13-21(33-29(36)38-30(3,4)5)17-37-27-15-26-24(14-23(27)19-7-9-20(31)10-8-19)22-11-12-32-16-25(22)28(35)34(26)6/h7-12,14-16,18,21H,13,17H2,1-6H3,(H,33,36)/t21-/m0/s1. The lowest BCUT2D eigenvalue weighted by atomic mass is 9.99. The Bertz CT molecular complexity index is 1520. The maximum atomic E-state index is 13.7. The lowest BCUT2D eigenvalue weighted by molar-refractivity contribution is 0.0480. The van der Waals surface area contributed by atoms with Crippen LogP contribution in [0.25, 0.3) is 32.8 Å². The summed E-state index contributed by atoms with van der Waals surface area (Å²) in [6.45, 7) is 9.76. The van der Waals surface area contributed by atoms with Crippen molar-refractivity contribution in [3.63, 3.8) is 0 Å². The summed E-state index contributed by atoms with van der Waals surface area (Å²) in [6.07, 6.45) is 3.39. The van der Waals surface area contributed by atoms with Crippen molar-refractivity contribution < 1.29 is 18.7 Å². The van der Waals surface area contributed by atoms with Gasteiger partial charge in [0.25, 0.3) is 5.56 Å². The average molecular weight is 520 g/mol. The van der Waals surface area contributed by atoms with E-state index >= 15 is 0 Å². The molecule has 7 nitrogen and oxygen atoms in total. The average Bonchev–Trinajstić information content (AvgIpc) is 2.84. The van der Waals surface area contributed by atoms with E-state index in [1.54, 1.807) is 36.1 Å². The van der Waals surface area contributed by atoms with Crippen molar-refractivity contribution in [3.8, 4) is 16.9 Å². The number of aromatic nitrogens is 2. The second-order valence-electron chi connectivity index (χ2n) is 10.9. The monoisotopic (exact) mass is 519 g/mol. The Morgan fingerprint density at radius 1 is 1.08 bits per heavy atom. The lowest BCUT2D eigenvalue weighted by Crippen LogP contribution is -2.42. The number of nitrogens with zero attached hydrogens (tertiary/aromatic N) is 2. The topological polar surface area (TPSA) is 82.5 Å². The van der Waals surface area contributed by atoms with Crippen LogP contribution >= 0.6 is 0 Å². The largest absolute Gasteiger partial charge is 0.491 e. The zero-order valence-electron chi connectivity index (χ0n) is 22.7. The number of carbonyl (C=O) groups is 1. The third-order valence-corrected chi connectivity index (χ3v) is 6.18. The zero-order valence-corrected chi connectivity index (χ0v) is 22.7. The molecule has 0 spiro atoms. The summed E-state index contributed by atoms with van der Waals surface area (Å²) in [6, 6.07) is 11.5. The smallest absolute Gasteiger partial charge is 0.407 e. The van der Waals surface area contributed by atoms with Crippen LogP contribution in [0.5, 0.6) is 5.75 Å². The fraction of sp³-hybridized carbons (Fsp3) is 0.367. The van der Waals surface area contributed by atoms with Crippen molar-refractivity contribution >= 4 is 27.8 Å². The molecular weight excluding hydrogens is 485 g/mol. The molecule has 1 atom stereocenters. The molecule has 0 aliphatic carbocycles. The summed E-state index contributed by atoms with van der Waals surface area (Å²) < 4.78 is 27.1. The summed E-state index contributed by atoms with van der Waals surface area (Å²) in [5, 5.41) is 5.06. The van der Waals surface area contributed by atoms with Crippen molar-refractivity contribution in [3.05, 3.63) is 71.0 Å². The van der Waals surface area contributed by atoms with Crippen LogP contribution in [-0.2, 0) is 11.8 Å². The Morgan fingerprint density at radius 3 is 2.45 bits per heavy atom. The molecule has 4 aromatic rings. The molecule has 0 radical (unpaired) electrons. The van der Waals surface area contributed by atoms with Crippen LogP contribution < -0.4 is 15.6 Å². The van der Waals surface area contributed by atoms with Crippen molar-refractivity contribution in [2.45, 2.75) is 52.7 Å². The van der Waals surface area contributed by atoms with E-state index in [9.17, 15) is 14.0 Å². The van der Waals surface area contributed by atoms with Crippen LogP contribution in [-0.4, -0.2) is 33.9 Å². The molecule has 2 aromatic heterocycles. The van der Waals surface area contributed by atoms with Crippen LogP contribution in [0.15, 0.2) is 59.7 Å². The number of pyridine rings is 2. The highest BCUT2D eigenvalue weighted by Crippen LogP contribution is 2.36. The van der Waals surface area contributed by atoms with E-state index in [4.69, 9.17) is 9.47 Å². The van der Waals surface area contributed by atoms with E-state index in [2.05, 4.69) is 24.1 Å². The number of halogens is 1. The highest BCUT2D eigenvalue weighted by Gasteiger charge is 2.22. The van der Waals surface area contributed by atoms with Crippen molar-refractivity contribution in [2.24, 2.45) is 13.0 Å². The quantitative estimate of drug-likeness (QED) is 0.294. The minimum absolute atomic E-state index is 0.162. The van der Waals surface area contributed by atoms with Crippen molar-refractivity contribution in [2.75, 3.05) is 6.61 Å². The number of hydrogen-bond acceptors (Lipinski definition) is 5. The van der Waals surface area contributed by atoms with Gasteiger partial charge in [-0.15, -0.1) is 0 Å². The van der Waals surface area contributed by atoms with Gasteiger partial charge in [-0.2, -0.15) is 0 Å². The predicted octanol–water partition coefficient (Wildman–Crippen LogP) is 6.21. The molecule has 4 rings (SSSR count). The Morgan fingerprint density at radius 2 is 1.79 bits per heavy atom. The van der Waals surface area contributed by atoms with Gasteiger partial charge < -0.3 is 19.4 Å². The number of aryl methyl sites for hydroxylation is 1. The maximum absolute atomic E-state index is 13.7. The fourth-order valence-electron chi connectivity index (χ4n) is 4.53. The fourth-order valence-corrected chi connectivity index (χ4v) is 4.53. The minimum Gasteiger partial charge on any atom is -0.491 e. The first-order valence-corrected chi connectivity index (χ1v) is 12.7. The van der Waals surface area contributed by atoms with Crippen LogP contribution in [0.2, 0.25) is 0 Å². The number of nitrogens with one attached hydrogen (secondary N) is 1. The second kappa shape index (κ2) is 10.8. The summed E-state index contributed by atoms with van der Waals surface area (Å²) in [5.74, 6) is 0.481. The second-order valence-corrected chi connectivity index (χ2v) is 10.9. The zero-order chi connectivity index (χ0) is 27.6. The molecule has 1 amide bonds. The summed E-state index contributed by atoms with van der Waals surface area (Å²) in [7, 11) is 1.71. The van der Waals surface area contributed by atoms with E-state index in [0.717, 1.165) is 21.9 Å². The van der Waals surface area contributed by atoms with Gasteiger partial charge >= 0.3 is 6.09 Å². The number of ether oxygens (including phenoxy) is 2. The predicted molar refractivity (Wildman–Crippen MR) is 148 cm³/mol. The van der Waals surface area contributed by atoms with E-state index < -0.39 is 11.7 Å². The molecule has 1 N–H and O–H groups in total. The summed E-state index contributed by atoms with van der Waals surface area (Å²) in [4.78, 5) is 29.7. The number of rotatable bonds is 7. The normalized spacial score (nSPS) is 12.6.